The molecule has 1 aliphatic rings. The van der Waals surface area contributed by atoms with Gasteiger partial charge >= 0.3 is 6.09 Å². The molecule has 0 radical (unpaired) electrons. The molecule has 0 saturated heterocycles. The van der Waals surface area contributed by atoms with E-state index in [-0.39, 0.29) is 5.91 Å². The highest BCUT2D eigenvalue weighted by Crippen LogP contribution is 2.50. The number of carbonyl (C=O) groups is 2. The highest BCUT2D eigenvalue weighted by atomic mass is 16.6. The van der Waals surface area contributed by atoms with Gasteiger partial charge in [0.25, 0.3) is 5.91 Å². The molecule has 3 aromatic carbocycles. The van der Waals surface area contributed by atoms with Gasteiger partial charge in [0.15, 0.2) is 0 Å². The Balaban J connectivity index is 1.91. The second-order valence-electron chi connectivity index (χ2n) is 9.17. The minimum Gasteiger partial charge on any atom is -0.443 e. The molecule has 4 heteroatoms. The van der Waals surface area contributed by atoms with E-state index in [0.29, 0.717) is 5.69 Å². The third kappa shape index (κ3) is 4.03. The Bertz CT molecular complexity index is 1230. The van der Waals surface area contributed by atoms with Gasteiger partial charge in [0.05, 0.1) is 5.69 Å². The van der Waals surface area contributed by atoms with Crippen LogP contribution in [0, 0.1) is 17.8 Å². The van der Waals surface area contributed by atoms with Crippen LogP contribution in [0.3, 0.4) is 0 Å². The van der Waals surface area contributed by atoms with Crippen LogP contribution in [0.5, 0.6) is 0 Å². The van der Waals surface area contributed by atoms with Gasteiger partial charge in [-0.15, -0.1) is 0 Å². The maximum atomic E-state index is 14.2. The number of amides is 2. The Labute approximate surface area is 195 Å². The molecule has 3 aromatic rings. The number of imide groups is 1. The van der Waals surface area contributed by atoms with E-state index >= 15 is 0 Å². The van der Waals surface area contributed by atoms with Crippen LogP contribution in [0.2, 0.25) is 0 Å². The Kier molecular flexibility index (Phi) is 5.82. The first kappa shape index (κ1) is 22.4. The van der Waals surface area contributed by atoms with Gasteiger partial charge in [-0.2, -0.15) is 0 Å². The van der Waals surface area contributed by atoms with E-state index in [0.717, 1.165) is 16.7 Å². The molecule has 0 bridgehead atoms. The number of benzene rings is 3. The first-order valence-electron chi connectivity index (χ1n) is 11.0. The van der Waals surface area contributed by atoms with Gasteiger partial charge in [0, 0.05) is 11.5 Å². The quantitative estimate of drug-likeness (QED) is 0.466. The lowest BCUT2D eigenvalue weighted by Crippen LogP contribution is -2.48. The highest BCUT2D eigenvalue weighted by molar-refractivity contribution is 6.22. The molecule has 0 unspecified atom stereocenters. The molecule has 0 aliphatic carbocycles. The van der Waals surface area contributed by atoms with Crippen LogP contribution >= 0.6 is 0 Å². The van der Waals surface area contributed by atoms with Gasteiger partial charge in [-0.25, -0.2) is 9.69 Å². The third-order valence-corrected chi connectivity index (χ3v) is 5.77. The summed E-state index contributed by atoms with van der Waals surface area (Å²) in [5.74, 6) is 5.76. The van der Waals surface area contributed by atoms with Crippen LogP contribution in [0.4, 0.5) is 10.5 Å². The second kappa shape index (κ2) is 8.60. The molecule has 33 heavy (non-hydrogen) atoms. The molecule has 4 rings (SSSR count). The SMILES string of the molecule is C[C@@H](C#Cc1ccccc1)[C@@]1(c2ccccc2)C(=O)N(C(=O)OC(C)(C)C)c2ccccc21. The zero-order valence-corrected chi connectivity index (χ0v) is 19.3. The number of carbonyl (C=O) groups excluding carboxylic acids is 2. The Hall–Kier alpha value is -3.84. The van der Waals surface area contributed by atoms with Crippen LogP contribution in [0.1, 0.15) is 44.4 Å². The molecule has 0 saturated carbocycles. The van der Waals surface area contributed by atoms with E-state index in [1.165, 1.54) is 4.90 Å². The smallest absolute Gasteiger partial charge is 0.421 e. The number of ether oxygens (including phenoxy) is 1. The van der Waals surface area contributed by atoms with Gasteiger partial charge in [0.1, 0.15) is 11.0 Å². The summed E-state index contributed by atoms with van der Waals surface area (Å²) < 4.78 is 5.62. The molecule has 0 spiro atoms. The lowest BCUT2D eigenvalue weighted by atomic mass is 9.67. The number of hydrogen-bond acceptors (Lipinski definition) is 3. The Morgan fingerprint density at radius 1 is 0.909 bits per heavy atom. The fourth-order valence-electron chi connectivity index (χ4n) is 4.36. The van der Waals surface area contributed by atoms with Crippen molar-refractivity contribution in [3.05, 3.63) is 102 Å². The molecule has 166 valence electrons. The molecular formula is C29H27NO3. The zero-order chi connectivity index (χ0) is 23.6. The number of nitrogens with zero attached hydrogens (tertiary/aromatic N) is 1. The van der Waals surface area contributed by atoms with Crippen LogP contribution in [-0.2, 0) is 14.9 Å². The van der Waals surface area contributed by atoms with Crippen molar-refractivity contribution in [2.45, 2.75) is 38.7 Å². The normalized spacial score (nSPS) is 18.2. The Morgan fingerprint density at radius 3 is 2.12 bits per heavy atom. The first-order valence-corrected chi connectivity index (χ1v) is 11.0. The van der Waals surface area contributed by atoms with Crippen LogP contribution in [0.25, 0.3) is 0 Å². The van der Waals surface area contributed by atoms with E-state index in [1.54, 1.807) is 26.8 Å². The van der Waals surface area contributed by atoms with E-state index in [1.807, 2.05) is 85.8 Å². The summed E-state index contributed by atoms with van der Waals surface area (Å²) in [4.78, 5) is 28.6. The fourth-order valence-corrected chi connectivity index (χ4v) is 4.36. The largest absolute Gasteiger partial charge is 0.443 e. The number of anilines is 1. The molecule has 0 fully saturated rings. The summed E-state index contributed by atoms with van der Waals surface area (Å²) in [6.07, 6.45) is -0.680. The minimum atomic E-state index is -1.14. The molecule has 1 heterocycles. The maximum Gasteiger partial charge on any atom is 0.421 e. The van der Waals surface area contributed by atoms with Crippen molar-refractivity contribution in [1.29, 1.82) is 0 Å². The molecule has 2 amide bonds. The monoisotopic (exact) mass is 437 g/mol. The molecule has 4 nitrogen and oxygen atoms in total. The minimum absolute atomic E-state index is 0.348. The third-order valence-electron chi connectivity index (χ3n) is 5.77. The van der Waals surface area contributed by atoms with Crippen molar-refractivity contribution in [2.24, 2.45) is 5.92 Å². The number of rotatable bonds is 2. The maximum absolute atomic E-state index is 14.2. The van der Waals surface area contributed by atoms with Gasteiger partial charge < -0.3 is 4.74 Å². The average molecular weight is 438 g/mol. The van der Waals surface area contributed by atoms with Crippen molar-refractivity contribution in [1.82, 2.24) is 0 Å². The summed E-state index contributed by atoms with van der Waals surface area (Å²) in [6, 6.07) is 26.7. The topological polar surface area (TPSA) is 46.6 Å². The molecular weight excluding hydrogens is 410 g/mol. The lowest BCUT2D eigenvalue weighted by Gasteiger charge is -2.32. The van der Waals surface area contributed by atoms with E-state index < -0.39 is 23.0 Å². The van der Waals surface area contributed by atoms with Gasteiger partial charge in [-0.1, -0.05) is 78.6 Å². The predicted molar refractivity (Wildman–Crippen MR) is 130 cm³/mol. The van der Waals surface area contributed by atoms with Crippen molar-refractivity contribution < 1.29 is 14.3 Å². The van der Waals surface area contributed by atoms with Crippen LogP contribution in [-0.4, -0.2) is 17.6 Å². The second-order valence-corrected chi connectivity index (χ2v) is 9.17. The van der Waals surface area contributed by atoms with E-state index in [9.17, 15) is 9.59 Å². The number of fused-ring (bicyclic) bond motifs is 1. The summed E-state index contributed by atoms with van der Waals surface area (Å²) in [5.41, 5.74) is 1.08. The number of hydrogen-bond donors (Lipinski definition) is 0. The van der Waals surface area contributed by atoms with Gasteiger partial charge in [-0.05, 0) is 57.0 Å². The lowest BCUT2D eigenvalue weighted by molar-refractivity contribution is -0.122. The summed E-state index contributed by atoms with van der Waals surface area (Å²) in [7, 11) is 0. The molecule has 0 N–H and O–H groups in total. The van der Waals surface area contributed by atoms with Crippen LogP contribution in [0.15, 0.2) is 84.9 Å². The van der Waals surface area contributed by atoms with Gasteiger partial charge in [-0.3, -0.25) is 4.79 Å². The number of para-hydroxylation sites is 1. The average Bonchev–Trinajstić information content (AvgIpc) is 3.06. The molecule has 0 aromatic heterocycles. The van der Waals surface area contributed by atoms with Crippen LogP contribution < -0.4 is 4.90 Å². The fraction of sp³-hybridized carbons (Fsp3) is 0.241. The Morgan fingerprint density at radius 2 is 1.48 bits per heavy atom. The predicted octanol–water partition coefficient (Wildman–Crippen LogP) is 5.94. The van der Waals surface area contributed by atoms with Crippen molar-refractivity contribution in [2.75, 3.05) is 4.90 Å². The zero-order valence-electron chi connectivity index (χ0n) is 19.3. The highest BCUT2D eigenvalue weighted by Gasteiger charge is 2.57. The van der Waals surface area contributed by atoms with Crippen molar-refractivity contribution >= 4 is 17.7 Å². The standard InChI is InChI=1S/C29H27NO3/c1-21(19-20-22-13-7-5-8-14-22)29(23-15-9-6-10-16-23)24-17-11-12-18-25(24)30(26(29)31)27(32)33-28(2,3)4/h5-18,21H,1-4H3/t21-,29-/m0/s1. The first-order chi connectivity index (χ1) is 15.7. The summed E-state index contributed by atoms with van der Waals surface area (Å²) >= 11 is 0. The summed E-state index contributed by atoms with van der Waals surface area (Å²) in [5, 5.41) is 0. The van der Waals surface area contributed by atoms with Gasteiger partial charge in [0.2, 0.25) is 0 Å². The van der Waals surface area contributed by atoms with E-state index in [4.69, 9.17) is 4.74 Å². The molecule has 2 atom stereocenters. The van der Waals surface area contributed by atoms with E-state index in [2.05, 4.69) is 11.8 Å². The van der Waals surface area contributed by atoms with Crippen molar-refractivity contribution in [3.8, 4) is 11.8 Å². The summed E-state index contributed by atoms with van der Waals surface area (Å²) in [6.45, 7) is 7.30. The van der Waals surface area contributed by atoms with Crippen molar-refractivity contribution in [3.63, 3.8) is 0 Å². The molecule has 1 aliphatic heterocycles.